The molecule has 0 aliphatic carbocycles. The van der Waals surface area contributed by atoms with Crippen molar-refractivity contribution in [2.75, 3.05) is 39.6 Å². The van der Waals surface area contributed by atoms with E-state index >= 15 is 0 Å². The van der Waals surface area contributed by atoms with Crippen molar-refractivity contribution in [1.29, 1.82) is 0 Å². The first-order valence-electron chi connectivity index (χ1n) is 43.0. The third kappa shape index (κ3) is 76.3. The number of hydrogen-bond acceptors (Lipinski definition) is 15. The van der Waals surface area contributed by atoms with Crippen molar-refractivity contribution in [3.05, 3.63) is 0 Å². The van der Waals surface area contributed by atoms with Crippen molar-refractivity contribution in [3.8, 4) is 0 Å². The minimum Gasteiger partial charge on any atom is -0.462 e. The van der Waals surface area contributed by atoms with Gasteiger partial charge < -0.3 is 33.8 Å². The lowest BCUT2D eigenvalue weighted by Gasteiger charge is -2.21. The molecule has 0 bridgehead atoms. The summed E-state index contributed by atoms with van der Waals surface area (Å²) in [7, 11) is -9.92. The molecule has 0 aliphatic rings. The van der Waals surface area contributed by atoms with Crippen LogP contribution in [0.4, 0.5) is 0 Å². The Morgan fingerprint density at radius 3 is 0.667 bits per heavy atom. The Morgan fingerprint density at radius 2 is 0.451 bits per heavy atom. The Hall–Kier alpha value is -1.94. The van der Waals surface area contributed by atoms with Gasteiger partial charge >= 0.3 is 39.5 Å². The van der Waals surface area contributed by atoms with Crippen molar-refractivity contribution in [2.24, 2.45) is 11.8 Å². The summed E-state index contributed by atoms with van der Waals surface area (Å²) in [5.74, 6) is -0.534. The third-order valence-corrected chi connectivity index (χ3v) is 21.4. The van der Waals surface area contributed by atoms with Crippen molar-refractivity contribution in [2.45, 2.75) is 458 Å². The minimum absolute atomic E-state index is 0.107. The maximum absolute atomic E-state index is 13.1. The molecule has 0 aromatic heterocycles. The zero-order valence-corrected chi connectivity index (χ0v) is 68.7. The molecule has 0 radical (unpaired) electrons. The van der Waals surface area contributed by atoms with Gasteiger partial charge in [0.05, 0.1) is 26.4 Å². The molecule has 0 saturated heterocycles. The molecular formula is C83H162O17P2. The Morgan fingerprint density at radius 1 is 0.265 bits per heavy atom. The number of phosphoric acid groups is 2. The fourth-order valence-electron chi connectivity index (χ4n) is 12.9. The Labute approximate surface area is 626 Å². The predicted octanol–water partition coefficient (Wildman–Crippen LogP) is 25.1. The van der Waals surface area contributed by atoms with Crippen LogP contribution in [0.15, 0.2) is 0 Å². The van der Waals surface area contributed by atoms with Gasteiger partial charge in [0.2, 0.25) is 0 Å². The van der Waals surface area contributed by atoms with Gasteiger partial charge in [0, 0.05) is 25.7 Å². The number of esters is 4. The molecule has 0 heterocycles. The van der Waals surface area contributed by atoms with Crippen LogP contribution in [-0.4, -0.2) is 96.7 Å². The standard InChI is InChI=1S/C83H162O17P2/c1-7-9-11-13-15-17-18-19-20-21-22-23-24-25-26-27-32-38-43-49-55-61-67-82(87)100-79(72-94-81(86)66-60-54-48-42-37-31-29-28-30-35-40-45-51-57-63-75(3)4)74-98-102(91,92)96-70-77(84)69-95-101(89,90)97-73-78(71-93-80(85)65-59-53-47-16-14-12-10-8-2)99-83(88)68-62-56-50-44-39-34-33-36-41-46-52-58-64-76(5)6/h75-79,84H,7-74H2,1-6H3,(H,89,90)(H,91,92)/t77-,78+,79+/m0/s1. The molecule has 0 saturated carbocycles. The fraction of sp³-hybridized carbons (Fsp3) is 0.952. The van der Waals surface area contributed by atoms with Crippen LogP contribution in [0.5, 0.6) is 0 Å². The average molecular weight is 1490 g/mol. The summed E-state index contributed by atoms with van der Waals surface area (Å²) < 4.78 is 68.7. The molecule has 0 rings (SSSR count). The van der Waals surface area contributed by atoms with E-state index < -0.39 is 97.5 Å². The molecule has 102 heavy (non-hydrogen) atoms. The Bertz CT molecular complexity index is 1960. The highest BCUT2D eigenvalue weighted by molar-refractivity contribution is 7.47. The van der Waals surface area contributed by atoms with Crippen LogP contribution in [0.1, 0.15) is 440 Å². The molecule has 2 unspecified atom stereocenters. The van der Waals surface area contributed by atoms with Crippen LogP contribution in [0.3, 0.4) is 0 Å². The van der Waals surface area contributed by atoms with E-state index in [1.807, 2.05) is 0 Å². The third-order valence-electron chi connectivity index (χ3n) is 19.5. The highest BCUT2D eigenvalue weighted by Gasteiger charge is 2.30. The molecule has 0 fully saturated rings. The summed E-state index contributed by atoms with van der Waals surface area (Å²) in [6.45, 7) is 9.65. The number of aliphatic hydroxyl groups excluding tert-OH is 1. The van der Waals surface area contributed by atoms with Crippen LogP contribution in [0.25, 0.3) is 0 Å². The summed E-state index contributed by atoms with van der Waals surface area (Å²) in [6.07, 6.45) is 65.4. The SMILES string of the molecule is CCCCCCCCCCCCCCCCCCCCCCCCC(=O)O[C@H](COC(=O)CCCCCCCCCCCCCCCCC(C)C)COP(=O)(O)OC[C@@H](O)COP(=O)(O)OC[C@@H](COC(=O)CCCCCCCCCC)OC(=O)CCCCCCCCCCCCCCC(C)C. The number of hydrogen-bond donors (Lipinski definition) is 3. The van der Waals surface area contributed by atoms with E-state index in [0.29, 0.717) is 25.7 Å². The van der Waals surface area contributed by atoms with Crippen LogP contribution < -0.4 is 0 Å². The molecule has 0 aliphatic heterocycles. The van der Waals surface area contributed by atoms with Crippen molar-refractivity contribution >= 4 is 39.5 Å². The number of carbonyl (C=O) groups is 4. The van der Waals surface area contributed by atoms with E-state index in [9.17, 15) is 43.2 Å². The first-order valence-corrected chi connectivity index (χ1v) is 46.0. The van der Waals surface area contributed by atoms with Gasteiger partial charge in [-0.15, -0.1) is 0 Å². The van der Waals surface area contributed by atoms with Crippen LogP contribution in [0.2, 0.25) is 0 Å². The van der Waals surface area contributed by atoms with Crippen molar-refractivity contribution in [1.82, 2.24) is 0 Å². The molecule has 0 amide bonds. The number of carbonyl (C=O) groups excluding carboxylic acids is 4. The quantitative estimate of drug-likeness (QED) is 0.0222. The second-order valence-electron chi connectivity index (χ2n) is 30.8. The van der Waals surface area contributed by atoms with E-state index in [1.165, 1.54) is 250 Å². The minimum atomic E-state index is -4.96. The van der Waals surface area contributed by atoms with Crippen LogP contribution >= 0.6 is 15.6 Å². The van der Waals surface area contributed by atoms with Gasteiger partial charge in [0.15, 0.2) is 12.2 Å². The number of phosphoric ester groups is 2. The van der Waals surface area contributed by atoms with Gasteiger partial charge in [-0.05, 0) is 37.5 Å². The van der Waals surface area contributed by atoms with Gasteiger partial charge in [-0.3, -0.25) is 37.3 Å². The lowest BCUT2D eigenvalue weighted by molar-refractivity contribution is -0.161. The highest BCUT2D eigenvalue weighted by Crippen LogP contribution is 2.45. The highest BCUT2D eigenvalue weighted by atomic mass is 31.2. The topological polar surface area (TPSA) is 237 Å². The second-order valence-corrected chi connectivity index (χ2v) is 33.7. The Kier molecular flexibility index (Phi) is 73.1. The fourth-order valence-corrected chi connectivity index (χ4v) is 14.5. The Balaban J connectivity index is 5.18. The summed E-state index contributed by atoms with van der Waals surface area (Å²) in [4.78, 5) is 73.0. The number of unbranched alkanes of at least 4 members (excludes halogenated alkanes) is 52. The molecule has 3 N–H and O–H groups in total. The van der Waals surface area contributed by atoms with Gasteiger partial charge in [0.25, 0.3) is 0 Å². The lowest BCUT2D eigenvalue weighted by atomic mass is 10.0. The largest absolute Gasteiger partial charge is 0.472 e. The lowest BCUT2D eigenvalue weighted by Crippen LogP contribution is -2.30. The van der Waals surface area contributed by atoms with E-state index in [-0.39, 0.29) is 25.7 Å². The van der Waals surface area contributed by atoms with E-state index in [1.54, 1.807) is 0 Å². The maximum Gasteiger partial charge on any atom is 0.472 e. The predicted molar refractivity (Wildman–Crippen MR) is 418 cm³/mol. The normalized spacial score (nSPS) is 13.9. The van der Waals surface area contributed by atoms with E-state index in [0.717, 1.165) is 108 Å². The molecule has 0 aromatic carbocycles. The van der Waals surface area contributed by atoms with E-state index in [2.05, 4.69) is 41.5 Å². The number of ether oxygens (including phenoxy) is 4. The molecule has 19 heteroatoms. The molecule has 17 nitrogen and oxygen atoms in total. The molecule has 5 atom stereocenters. The summed E-state index contributed by atoms with van der Waals surface area (Å²) in [5.41, 5.74) is 0. The van der Waals surface area contributed by atoms with Crippen LogP contribution in [-0.2, 0) is 65.4 Å². The van der Waals surface area contributed by atoms with Gasteiger partial charge in [-0.1, -0.05) is 388 Å². The van der Waals surface area contributed by atoms with Gasteiger partial charge in [-0.25, -0.2) is 9.13 Å². The van der Waals surface area contributed by atoms with Gasteiger partial charge in [-0.2, -0.15) is 0 Å². The van der Waals surface area contributed by atoms with Crippen LogP contribution in [0, 0.1) is 11.8 Å². The second kappa shape index (κ2) is 74.5. The summed E-state index contributed by atoms with van der Waals surface area (Å²) in [5, 5.41) is 10.6. The zero-order valence-electron chi connectivity index (χ0n) is 66.9. The van der Waals surface area contributed by atoms with E-state index in [4.69, 9.17) is 37.0 Å². The summed E-state index contributed by atoms with van der Waals surface area (Å²) in [6, 6.07) is 0. The first-order chi connectivity index (χ1) is 49.4. The molecule has 0 aromatic rings. The van der Waals surface area contributed by atoms with Gasteiger partial charge in [0.1, 0.15) is 19.3 Å². The molecule has 606 valence electrons. The first kappa shape index (κ1) is 100. The van der Waals surface area contributed by atoms with Crippen molar-refractivity contribution < 1.29 is 80.2 Å². The molecular weight excluding hydrogens is 1330 g/mol. The number of aliphatic hydroxyl groups is 1. The smallest absolute Gasteiger partial charge is 0.462 e. The zero-order chi connectivity index (χ0) is 74.9. The van der Waals surface area contributed by atoms with Crippen molar-refractivity contribution in [3.63, 3.8) is 0 Å². The summed E-state index contributed by atoms with van der Waals surface area (Å²) >= 11 is 0. The average Bonchev–Trinajstić information content (AvgIpc) is 0.916. The molecule has 0 spiro atoms. The monoisotopic (exact) mass is 1490 g/mol. The maximum atomic E-state index is 13.1. The number of rotatable bonds is 82.